The van der Waals surface area contributed by atoms with Crippen LogP contribution >= 0.6 is 0 Å². The van der Waals surface area contributed by atoms with Crippen molar-refractivity contribution in [3.8, 4) is 11.5 Å². The number of hydrogen-bond donors (Lipinski definition) is 1. The molecule has 0 unspecified atom stereocenters. The van der Waals surface area contributed by atoms with Crippen LogP contribution in [0, 0.1) is 0 Å². The first kappa shape index (κ1) is 8.90. The summed E-state index contributed by atoms with van der Waals surface area (Å²) in [6.45, 7) is 0. The molecule has 3 aromatic heterocycles. The van der Waals surface area contributed by atoms with Gasteiger partial charge in [-0.15, -0.1) is 10.2 Å². The maximum absolute atomic E-state index is 5.73. The lowest BCUT2D eigenvalue weighted by Gasteiger charge is -1.97. The minimum atomic E-state index is 0.671. The molecule has 0 atom stereocenters. The van der Waals surface area contributed by atoms with E-state index in [9.17, 15) is 0 Å². The number of nitrogens with two attached hydrogens (primary N) is 1. The molecular formula is C10H10N6. The summed E-state index contributed by atoms with van der Waals surface area (Å²) >= 11 is 0. The number of nitrogens with zero attached hydrogens (tertiary/aromatic N) is 5. The smallest absolute Gasteiger partial charge is 0.188 e. The van der Waals surface area contributed by atoms with Crippen LogP contribution < -0.4 is 5.73 Å². The fourth-order valence-electron chi connectivity index (χ4n) is 1.61. The van der Waals surface area contributed by atoms with Gasteiger partial charge in [0, 0.05) is 25.1 Å². The molecule has 0 saturated carbocycles. The van der Waals surface area contributed by atoms with E-state index in [0.717, 1.165) is 11.3 Å². The monoisotopic (exact) mass is 214 g/mol. The Kier molecular flexibility index (Phi) is 1.70. The molecule has 3 heterocycles. The minimum Gasteiger partial charge on any atom is -0.398 e. The zero-order valence-electron chi connectivity index (χ0n) is 8.70. The van der Waals surface area contributed by atoms with Crippen molar-refractivity contribution >= 4 is 11.3 Å². The van der Waals surface area contributed by atoms with E-state index in [1.54, 1.807) is 18.6 Å². The summed E-state index contributed by atoms with van der Waals surface area (Å²) in [5.41, 5.74) is 7.94. The second kappa shape index (κ2) is 3.06. The first-order valence-corrected chi connectivity index (χ1v) is 4.82. The summed E-state index contributed by atoms with van der Waals surface area (Å²) in [7, 11) is 1.91. The highest BCUT2D eigenvalue weighted by atomic mass is 15.3. The van der Waals surface area contributed by atoms with Crippen molar-refractivity contribution in [1.29, 1.82) is 0 Å². The van der Waals surface area contributed by atoms with Gasteiger partial charge in [0.05, 0.1) is 6.33 Å². The van der Waals surface area contributed by atoms with E-state index < -0.39 is 0 Å². The molecule has 3 aromatic rings. The summed E-state index contributed by atoms with van der Waals surface area (Å²) in [6.07, 6.45) is 5.40. The number of nitrogen functional groups attached to an aromatic ring is 1. The molecule has 0 bridgehead atoms. The van der Waals surface area contributed by atoms with E-state index in [2.05, 4.69) is 15.2 Å². The molecule has 80 valence electrons. The predicted molar refractivity (Wildman–Crippen MR) is 59.6 cm³/mol. The van der Waals surface area contributed by atoms with E-state index in [0.29, 0.717) is 11.5 Å². The quantitative estimate of drug-likeness (QED) is 0.647. The van der Waals surface area contributed by atoms with Crippen molar-refractivity contribution in [2.45, 2.75) is 0 Å². The van der Waals surface area contributed by atoms with E-state index in [4.69, 9.17) is 5.73 Å². The van der Waals surface area contributed by atoms with Crippen LogP contribution in [0.2, 0.25) is 0 Å². The molecule has 0 aliphatic carbocycles. The molecule has 0 saturated heterocycles. The number of hydrogen-bond acceptors (Lipinski definition) is 4. The van der Waals surface area contributed by atoms with Gasteiger partial charge in [-0.05, 0) is 12.1 Å². The Bertz CT molecular complexity index is 650. The topological polar surface area (TPSA) is 74.0 Å². The third-order valence-corrected chi connectivity index (χ3v) is 2.36. The van der Waals surface area contributed by atoms with Crippen LogP contribution in [0.25, 0.3) is 17.2 Å². The molecular weight excluding hydrogens is 204 g/mol. The molecule has 6 heteroatoms. The van der Waals surface area contributed by atoms with Gasteiger partial charge in [0.1, 0.15) is 5.69 Å². The van der Waals surface area contributed by atoms with E-state index in [-0.39, 0.29) is 0 Å². The summed E-state index contributed by atoms with van der Waals surface area (Å²) in [4.78, 5) is 4.24. The number of aromatic nitrogens is 5. The molecule has 3 rings (SSSR count). The van der Waals surface area contributed by atoms with Gasteiger partial charge in [-0.25, -0.2) is 4.98 Å². The Morgan fingerprint density at radius 1 is 1.19 bits per heavy atom. The molecule has 0 aromatic carbocycles. The number of aryl methyl sites for hydroxylation is 1. The third kappa shape index (κ3) is 1.23. The van der Waals surface area contributed by atoms with Crippen molar-refractivity contribution in [3.63, 3.8) is 0 Å². The Morgan fingerprint density at radius 3 is 2.81 bits per heavy atom. The largest absolute Gasteiger partial charge is 0.398 e. The SMILES string of the molecule is Cn1cnc(-c2nnc3ccc(N)cn23)c1. The highest BCUT2D eigenvalue weighted by molar-refractivity contribution is 5.57. The maximum atomic E-state index is 5.73. The third-order valence-electron chi connectivity index (χ3n) is 2.36. The molecule has 0 amide bonds. The summed E-state index contributed by atoms with van der Waals surface area (Å²) in [5.74, 6) is 0.697. The lowest BCUT2D eigenvalue weighted by atomic mass is 10.4. The second-order valence-corrected chi connectivity index (χ2v) is 3.64. The molecule has 16 heavy (non-hydrogen) atoms. The van der Waals surface area contributed by atoms with Crippen molar-refractivity contribution < 1.29 is 0 Å². The zero-order valence-corrected chi connectivity index (χ0v) is 8.70. The fourth-order valence-corrected chi connectivity index (χ4v) is 1.61. The van der Waals surface area contributed by atoms with Crippen molar-refractivity contribution in [3.05, 3.63) is 30.9 Å². The van der Waals surface area contributed by atoms with Gasteiger partial charge in [0.25, 0.3) is 0 Å². The Morgan fingerprint density at radius 2 is 2.06 bits per heavy atom. The van der Waals surface area contributed by atoms with Crippen molar-refractivity contribution in [2.75, 3.05) is 5.73 Å². The molecule has 0 radical (unpaired) electrons. The second-order valence-electron chi connectivity index (χ2n) is 3.64. The van der Waals surface area contributed by atoms with Gasteiger partial charge in [-0.1, -0.05) is 0 Å². The number of imidazole rings is 1. The van der Waals surface area contributed by atoms with Gasteiger partial charge in [0.2, 0.25) is 0 Å². The first-order valence-electron chi connectivity index (χ1n) is 4.82. The van der Waals surface area contributed by atoms with Gasteiger partial charge in [0.15, 0.2) is 11.5 Å². The number of anilines is 1. The summed E-state index contributed by atoms with van der Waals surface area (Å²) in [6, 6.07) is 3.63. The van der Waals surface area contributed by atoms with Gasteiger partial charge in [-0.3, -0.25) is 4.40 Å². The molecule has 0 aliphatic heterocycles. The highest BCUT2D eigenvalue weighted by Crippen LogP contribution is 2.16. The first-order chi connectivity index (χ1) is 7.74. The Labute approximate surface area is 91.4 Å². The van der Waals surface area contributed by atoms with E-state index in [1.807, 2.05) is 28.3 Å². The lowest BCUT2D eigenvalue weighted by molar-refractivity contribution is 0.913. The average molecular weight is 214 g/mol. The molecule has 6 nitrogen and oxygen atoms in total. The van der Waals surface area contributed by atoms with Gasteiger partial charge in [-0.2, -0.15) is 0 Å². The van der Waals surface area contributed by atoms with Gasteiger partial charge >= 0.3 is 0 Å². The summed E-state index contributed by atoms with van der Waals surface area (Å²) < 4.78 is 3.69. The van der Waals surface area contributed by atoms with Crippen LogP contribution in [0.3, 0.4) is 0 Å². The van der Waals surface area contributed by atoms with E-state index in [1.165, 1.54) is 0 Å². The lowest BCUT2D eigenvalue weighted by Crippen LogP contribution is -1.93. The molecule has 0 aliphatic rings. The maximum Gasteiger partial charge on any atom is 0.188 e. The predicted octanol–water partition coefficient (Wildman–Crippen LogP) is 0.712. The van der Waals surface area contributed by atoms with Crippen molar-refractivity contribution in [2.24, 2.45) is 7.05 Å². The van der Waals surface area contributed by atoms with Crippen LogP contribution in [-0.4, -0.2) is 24.1 Å². The van der Waals surface area contributed by atoms with Crippen LogP contribution in [0.5, 0.6) is 0 Å². The molecule has 0 spiro atoms. The summed E-state index contributed by atoms with van der Waals surface area (Å²) in [5, 5.41) is 8.16. The normalized spacial score (nSPS) is 11.1. The highest BCUT2D eigenvalue weighted by Gasteiger charge is 2.09. The zero-order chi connectivity index (χ0) is 11.1. The van der Waals surface area contributed by atoms with Crippen molar-refractivity contribution in [1.82, 2.24) is 24.1 Å². The van der Waals surface area contributed by atoms with Crippen LogP contribution in [-0.2, 0) is 7.05 Å². The minimum absolute atomic E-state index is 0.671. The van der Waals surface area contributed by atoms with E-state index >= 15 is 0 Å². The number of pyridine rings is 1. The average Bonchev–Trinajstić information content (AvgIpc) is 2.83. The Hall–Kier alpha value is -2.37. The fraction of sp³-hybridized carbons (Fsp3) is 0.100. The van der Waals surface area contributed by atoms with Crippen LogP contribution in [0.1, 0.15) is 0 Å². The van der Waals surface area contributed by atoms with Crippen LogP contribution in [0.4, 0.5) is 5.69 Å². The standard InChI is InChI=1S/C10H10N6/c1-15-5-8(12-6-15)10-14-13-9-3-2-7(11)4-16(9)10/h2-6H,11H2,1H3. The molecule has 2 N–H and O–H groups in total. The molecule has 0 fully saturated rings. The number of rotatable bonds is 1. The Balaban J connectivity index is 2.27. The number of fused-ring (bicyclic) bond motifs is 1. The van der Waals surface area contributed by atoms with Gasteiger partial charge < -0.3 is 10.3 Å². The van der Waals surface area contributed by atoms with Crippen LogP contribution in [0.15, 0.2) is 30.9 Å².